The van der Waals surface area contributed by atoms with Crippen LogP contribution in [0.5, 0.6) is 0 Å². The molecule has 1 N–H and O–H groups in total. The molecule has 7 nitrogen and oxygen atoms in total. The maximum Gasteiger partial charge on any atom is 0.420 e. The summed E-state index contributed by atoms with van der Waals surface area (Å²) < 4.78 is 12.0. The highest BCUT2D eigenvalue weighted by molar-refractivity contribution is 5.84. The molecule has 1 aromatic heterocycles. The number of rotatable bonds is 7. The molecule has 0 saturated carbocycles. The predicted octanol–water partition coefficient (Wildman–Crippen LogP) is 3.14. The Morgan fingerprint density at radius 1 is 1.19 bits per heavy atom. The van der Waals surface area contributed by atoms with Gasteiger partial charge in [0.2, 0.25) is 0 Å². The molecule has 0 saturated heterocycles. The van der Waals surface area contributed by atoms with Crippen LogP contribution in [0.4, 0.5) is 10.5 Å². The highest BCUT2D eigenvalue weighted by Crippen LogP contribution is 2.16. The molecule has 0 aliphatic rings. The zero-order valence-corrected chi connectivity index (χ0v) is 15.5. The van der Waals surface area contributed by atoms with Gasteiger partial charge in [-0.05, 0) is 50.3 Å². The van der Waals surface area contributed by atoms with Crippen LogP contribution in [0, 0.1) is 0 Å². The highest BCUT2D eigenvalue weighted by Gasteiger charge is 2.10. The van der Waals surface area contributed by atoms with Crippen molar-refractivity contribution in [3.8, 4) is 0 Å². The van der Waals surface area contributed by atoms with E-state index in [1.807, 2.05) is 55.4 Å². The zero-order chi connectivity index (χ0) is 19.2. The number of oxazole rings is 1. The average molecular weight is 369 g/mol. The molecule has 0 radical (unpaired) electrons. The van der Waals surface area contributed by atoms with E-state index >= 15 is 0 Å². The summed E-state index contributed by atoms with van der Waals surface area (Å²) in [5, 5.41) is 2.72. The third-order valence-electron chi connectivity index (χ3n) is 4.07. The molecule has 27 heavy (non-hydrogen) atoms. The Bertz CT molecular complexity index is 975. The number of nitrogens with one attached hydrogen (secondary N) is 1. The quantitative estimate of drug-likeness (QED) is 0.648. The summed E-state index contributed by atoms with van der Waals surface area (Å²) in [5.74, 6) is -0.408. The molecular formula is C20H23N3O4. The number of carbonyl (C=O) groups is 1. The van der Waals surface area contributed by atoms with Crippen molar-refractivity contribution in [3.05, 3.63) is 64.6 Å². The summed E-state index contributed by atoms with van der Waals surface area (Å²) >= 11 is 0. The highest BCUT2D eigenvalue weighted by atomic mass is 16.5. The summed E-state index contributed by atoms with van der Waals surface area (Å²) in [7, 11) is 3.94. The standard InChI is InChI=1S/C20H23N3O4/c1-22(2)11-6-12-26-19(24)21-16-8-5-7-15(13-16)14-23-17-9-3-4-10-18(17)27-20(23)25/h3-5,7-10,13H,6,11-12,14H2,1-2H3,(H,21,24). The van der Waals surface area contributed by atoms with E-state index in [0.29, 0.717) is 24.4 Å². The van der Waals surface area contributed by atoms with E-state index in [9.17, 15) is 9.59 Å². The summed E-state index contributed by atoms with van der Waals surface area (Å²) in [5.41, 5.74) is 2.78. The van der Waals surface area contributed by atoms with E-state index < -0.39 is 11.8 Å². The van der Waals surface area contributed by atoms with Crippen molar-refractivity contribution in [3.63, 3.8) is 0 Å². The van der Waals surface area contributed by atoms with E-state index in [2.05, 4.69) is 5.32 Å². The molecule has 7 heteroatoms. The molecular weight excluding hydrogens is 346 g/mol. The van der Waals surface area contributed by atoms with E-state index in [1.165, 1.54) is 0 Å². The Labute approximate surface area is 157 Å². The second-order valence-corrected chi connectivity index (χ2v) is 6.54. The largest absolute Gasteiger partial charge is 0.449 e. The van der Waals surface area contributed by atoms with E-state index in [-0.39, 0.29) is 0 Å². The van der Waals surface area contributed by atoms with Crippen molar-refractivity contribution in [2.45, 2.75) is 13.0 Å². The van der Waals surface area contributed by atoms with Crippen molar-refractivity contribution in [1.29, 1.82) is 0 Å². The number of benzene rings is 2. The molecule has 3 rings (SSSR count). The van der Waals surface area contributed by atoms with Crippen LogP contribution in [-0.2, 0) is 11.3 Å². The van der Waals surface area contributed by atoms with Crippen LogP contribution in [0.25, 0.3) is 11.1 Å². The van der Waals surface area contributed by atoms with E-state index in [0.717, 1.165) is 24.0 Å². The van der Waals surface area contributed by atoms with Gasteiger partial charge < -0.3 is 14.1 Å². The van der Waals surface area contributed by atoms with Gasteiger partial charge in [0, 0.05) is 12.2 Å². The number of fused-ring (bicyclic) bond motifs is 1. The first-order valence-electron chi connectivity index (χ1n) is 8.79. The van der Waals surface area contributed by atoms with Gasteiger partial charge in [0.15, 0.2) is 5.58 Å². The molecule has 0 unspecified atom stereocenters. The van der Waals surface area contributed by atoms with Gasteiger partial charge in [-0.15, -0.1) is 0 Å². The first-order chi connectivity index (χ1) is 13.0. The molecule has 0 aliphatic heterocycles. The van der Waals surface area contributed by atoms with Crippen molar-refractivity contribution < 1.29 is 13.9 Å². The molecule has 0 bridgehead atoms. The molecule has 2 aromatic carbocycles. The molecule has 0 atom stereocenters. The van der Waals surface area contributed by atoms with Gasteiger partial charge in [0.1, 0.15) is 0 Å². The Morgan fingerprint density at radius 2 is 2.00 bits per heavy atom. The number of aromatic nitrogens is 1. The van der Waals surface area contributed by atoms with Crippen LogP contribution in [0.1, 0.15) is 12.0 Å². The Kier molecular flexibility index (Phi) is 5.93. The normalized spacial score (nSPS) is 11.1. The van der Waals surface area contributed by atoms with E-state index in [1.54, 1.807) is 16.7 Å². The lowest BCUT2D eigenvalue weighted by Gasteiger charge is -2.11. The number of hydrogen-bond donors (Lipinski definition) is 1. The lowest BCUT2D eigenvalue weighted by molar-refractivity contribution is 0.156. The maximum atomic E-state index is 12.1. The minimum absolute atomic E-state index is 0.350. The lowest BCUT2D eigenvalue weighted by Crippen LogP contribution is -2.19. The van der Waals surface area contributed by atoms with Gasteiger partial charge in [-0.2, -0.15) is 0 Å². The number of amides is 1. The zero-order valence-electron chi connectivity index (χ0n) is 15.5. The fourth-order valence-electron chi connectivity index (χ4n) is 2.79. The minimum atomic E-state index is -0.489. The number of ether oxygens (including phenoxy) is 1. The second-order valence-electron chi connectivity index (χ2n) is 6.54. The van der Waals surface area contributed by atoms with Crippen molar-refractivity contribution in [1.82, 2.24) is 9.47 Å². The van der Waals surface area contributed by atoms with Crippen molar-refractivity contribution in [2.24, 2.45) is 0 Å². The SMILES string of the molecule is CN(C)CCCOC(=O)Nc1cccc(Cn2c(=O)oc3ccccc32)c1. The Balaban J connectivity index is 1.64. The fraction of sp³-hybridized carbons (Fsp3) is 0.300. The summed E-state index contributed by atoms with van der Waals surface area (Å²) in [6.45, 7) is 1.57. The number of nitrogens with zero attached hydrogens (tertiary/aromatic N) is 2. The third kappa shape index (κ3) is 4.98. The average Bonchev–Trinajstić information content (AvgIpc) is 2.94. The van der Waals surface area contributed by atoms with Gasteiger partial charge in [0.25, 0.3) is 0 Å². The first kappa shape index (κ1) is 18.7. The Hall–Kier alpha value is -3.06. The van der Waals surface area contributed by atoms with Crippen LogP contribution in [-0.4, -0.2) is 42.8 Å². The second kappa shape index (κ2) is 8.55. The molecule has 0 spiro atoms. The van der Waals surface area contributed by atoms with Gasteiger partial charge in [-0.3, -0.25) is 9.88 Å². The van der Waals surface area contributed by atoms with Crippen LogP contribution >= 0.6 is 0 Å². The predicted molar refractivity (Wildman–Crippen MR) is 104 cm³/mol. The van der Waals surface area contributed by atoms with Gasteiger partial charge in [-0.25, -0.2) is 9.59 Å². The molecule has 0 fully saturated rings. The number of para-hydroxylation sites is 2. The summed E-state index contributed by atoms with van der Waals surface area (Å²) in [6.07, 6.45) is 0.286. The Morgan fingerprint density at radius 3 is 2.81 bits per heavy atom. The molecule has 3 aromatic rings. The molecule has 1 amide bonds. The van der Waals surface area contributed by atoms with Crippen LogP contribution in [0.15, 0.2) is 57.7 Å². The van der Waals surface area contributed by atoms with Gasteiger partial charge >= 0.3 is 11.8 Å². The molecule has 142 valence electrons. The van der Waals surface area contributed by atoms with Gasteiger partial charge in [0.05, 0.1) is 18.7 Å². The van der Waals surface area contributed by atoms with Crippen LogP contribution in [0.2, 0.25) is 0 Å². The summed E-state index contributed by atoms with van der Waals surface area (Å²) in [4.78, 5) is 26.0. The topological polar surface area (TPSA) is 76.7 Å². The van der Waals surface area contributed by atoms with Crippen LogP contribution in [0.3, 0.4) is 0 Å². The number of anilines is 1. The minimum Gasteiger partial charge on any atom is -0.449 e. The van der Waals surface area contributed by atoms with Crippen molar-refractivity contribution in [2.75, 3.05) is 32.6 Å². The number of hydrogen-bond acceptors (Lipinski definition) is 5. The maximum absolute atomic E-state index is 12.1. The van der Waals surface area contributed by atoms with Crippen molar-refractivity contribution >= 4 is 22.9 Å². The van der Waals surface area contributed by atoms with Crippen LogP contribution < -0.4 is 11.1 Å². The molecule has 0 aliphatic carbocycles. The fourth-order valence-corrected chi connectivity index (χ4v) is 2.79. The molecule has 1 heterocycles. The monoisotopic (exact) mass is 369 g/mol. The smallest absolute Gasteiger partial charge is 0.420 e. The lowest BCUT2D eigenvalue weighted by atomic mass is 10.2. The van der Waals surface area contributed by atoms with E-state index in [4.69, 9.17) is 9.15 Å². The number of carbonyl (C=O) groups excluding carboxylic acids is 1. The summed E-state index contributed by atoms with van der Waals surface area (Å²) in [6, 6.07) is 14.6. The third-order valence-corrected chi connectivity index (χ3v) is 4.07. The first-order valence-corrected chi connectivity index (χ1v) is 8.79. The van der Waals surface area contributed by atoms with Gasteiger partial charge in [-0.1, -0.05) is 24.3 Å².